The topological polar surface area (TPSA) is 15.3 Å². The van der Waals surface area contributed by atoms with Gasteiger partial charge in [0.25, 0.3) is 0 Å². The molecular weight excluding hydrogens is 240 g/mol. The average Bonchev–Trinajstić information content (AvgIpc) is 2.86. The summed E-state index contributed by atoms with van der Waals surface area (Å²) in [6.07, 6.45) is 1.21. The summed E-state index contributed by atoms with van der Waals surface area (Å²) in [5.74, 6) is 0.739. The van der Waals surface area contributed by atoms with Gasteiger partial charge in [-0.1, -0.05) is 19.9 Å². The highest BCUT2D eigenvalue weighted by Crippen LogP contribution is 2.25. The lowest BCUT2D eigenvalue weighted by molar-refractivity contribution is 0.190. The molecule has 1 heterocycles. The van der Waals surface area contributed by atoms with Crippen molar-refractivity contribution in [1.82, 2.24) is 10.2 Å². The van der Waals surface area contributed by atoms with E-state index in [1.807, 2.05) is 11.3 Å². The molecule has 0 radical (unpaired) electrons. The van der Waals surface area contributed by atoms with Gasteiger partial charge in [-0.3, -0.25) is 4.90 Å². The molecule has 0 fully saturated rings. The minimum Gasteiger partial charge on any atom is -0.316 e. The largest absolute Gasteiger partial charge is 0.316 e. The molecule has 0 spiro atoms. The highest BCUT2D eigenvalue weighted by molar-refractivity contribution is 7.10. The average molecular weight is 268 g/mol. The second-order valence-corrected chi connectivity index (χ2v) is 6.57. The first kappa shape index (κ1) is 15.7. The molecule has 1 aromatic heterocycles. The van der Waals surface area contributed by atoms with Gasteiger partial charge < -0.3 is 5.32 Å². The molecule has 2 atom stereocenters. The second kappa shape index (κ2) is 7.93. The van der Waals surface area contributed by atoms with Gasteiger partial charge in [-0.15, -0.1) is 11.3 Å². The van der Waals surface area contributed by atoms with Gasteiger partial charge in [-0.2, -0.15) is 0 Å². The van der Waals surface area contributed by atoms with E-state index in [9.17, 15) is 0 Å². The molecule has 0 aliphatic carbocycles. The highest BCUT2D eigenvalue weighted by Gasteiger charge is 2.17. The molecule has 1 N–H and O–H groups in total. The van der Waals surface area contributed by atoms with Crippen LogP contribution in [0.4, 0.5) is 0 Å². The lowest BCUT2D eigenvalue weighted by Crippen LogP contribution is -2.34. The van der Waals surface area contributed by atoms with Crippen LogP contribution in [0.3, 0.4) is 0 Å². The summed E-state index contributed by atoms with van der Waals surface area (Å²) >= 11 is 1.85. The Balaban J connectivity index is 2.30. The number of nitrogens with zero attached hydrogens (tertiary/aromatic N) is 1. The van der Waals surface area contributed by atoms with Crippen molar-refractivity contribution in [3.8, 4) is 0 Å². The molecular formula is C15H28N2S. The maximum atomic E-state index is 3.52. The van der Waals surface area contributed by atoms with E-state index in [2.05, 4.69) is 62.5 Å². The van der Waals surface area contributed by atoms with Crippen molar-refractivity contribution in [2.75, 3.05) is 20.1 Å². The van der Waals surface area contributed by atoms with Crippen LogP contribution in [0.5, 0.6) is 0 Å². The van der Waals surface area contributed by atoms with E-state index in [4.69, 9.17) is 0 Å². The number of rotatable bonds is 8. The van der Waals surface area contributed by atoms with Gasteiger partial charge in [-0.25, -0.2) is 0 Å². The molecule has 0 saturated carbocycles. The first-order valence-corrected chi connectivity index (χ1v) is 7.86. The molecule has 0 saturated heterocycles. The van der Waals surface area contributed by atoms with E-state index < -0.39 is 0 Å². The third-order valence-corrected chi connectivity index (χ3v) is 4.60. The normalized spacial score (nSPS) is 15.3. The van der Waals surface area contributed by atoms with Crippen molar-refractivity contribution >= 4 is 11.3 Å². The van der Waals surface area contributed by atoms with Gasteiger partial charge in [0.05, 0.1) is 0 Å². The van der Waals surface area contributed by atoms with E-state index in [1.54, 1.807) is 0 Å². The highest BCUT2D eigenvalue weighted by atomic mass is 32.1. The molecule has 0 aromatic carbocycles. The number of hydrogen-bond donors (Lipinski definition) is 1. The fraction of sp³-hybridized carbons (Fsp3) is 0.733. The van der Waals surface area contributed by atoms with E-state index in [1.165, 1.54) is 11.3 Å². The van der Waals surface area contributed by atoms with Gasteiger partial charge in [0.1, 0.15) is 0 Å². The van der Waals surface area contributed by atoms with Gasteiger partial charge in [-0.05, 0) is 57.8 Å². The Morgan fingerprint density at radius 2 is 2.00 bits per heavy atom. The third-order valence-electron chi connectivity index (χ3n) is 3.55. The maximum absolute atomic E-state index is 3.52. The minimum atomic E-state index is 0.519. The molecule has 2 nitrogen and oxygen atoms in total. The summed E-state index contributed by atoms with van der Waals surface area (Å²) in [5.41, 5.74) is 0. The van der Waals surface area contributed by atoms with E-state index in [0.29, 0.717) is 12.1 Å². The van der Waals surface area contributed by atoms with Crippen molar-refractivity contribution in [1.29, 1.82) is 0 Å². The van der Waals surface area contributed by atoms with Crippen LogP contribution in [0.2, 0.25) is 0 Å². The summed E-state index contributed by atoms with van der Waals surface area (Å²) in [6.45, 7) is 11.4. The van der Waals surface area contributed by atoms with Crippen molar-refractivity contribution in [2.24, 2.45) is 5.92 Å². The lowest BCUT2D eigenvalue weighted by atomic mass is 10.1. The van der Waals surface area contributed by atoms with Gasteiger partial charge in [0, 0.05) is 17.0 Å². The van der Waals surface area contributed by atoms with E-state index in [-0.39, 0.29) is 0 Å². The quantitative estimate of drug-likeness (QED) is 0.722. The predicted octanol–water partition coefficient (Wildman–Crippen LogP) is 3.77. The Bertz CT molecular complexity index is 308. The molecule has 3 heteroatoms. The first-order valence-electron chi connectivity index (χ1n) is 6.98. The zero-order chi connectivity index (χ0) is 13.5. The summed E-state index contributed by atoms with van der Waals surface area (Å²) in [6, 6.07) is 5.50. The molecule has 104 valence electrons. The molecule has 0 bridgehead atoms. The van der Waals surface area contributed by atoms with Gasteiger partial charge in [0.2, 0.25) is 0 Å². The number of nitrogens with one attached hydrogen (secondary N) is 1. The molecule has 1 aromatic rings. The van der Waals surface area contributed by atoms with Gasteiger partial charge in [0.15, 0.2) is 0 Å². The Kier molecular flexibility index (Phi) is 6.90. The molecule has 0 amide bonds. The predicted molar refractivity (Wildman–Crippen MR) is 82.3 cm³/mol. The van der Waals surface area contributed by atoms with Crippen LogP contribution >= 0.6 is 11.3 Å². The summed E-state index contributed by atoms with van der Waals surface area (Å²) < 4.78 is 0. The van der Waals surface area contributed by atoms with Crippen LogP contribution in [0.25, 0.3) is 0 Å². The smallest absolute Gasteiger partial charge is 0.0413 e. The van der Waals surface area contributed by atoms with E-state index in [0.717, 1.165) is 19.0 Å². The molecule has 1 rings (SSSR count). The van der Waals surface area contributed by atoms with Crippen molar-refractivity contribution in [3.05, 3.63) is 22.4 Å². The first-order chi connectivity index (χ1) is 8.52. The van der Waals surface area contributed by atoms with Crippen LogP contribution in [0, 0.1) is 5.92 Å². The van der Waals surface area contributed by atoms with E-state index >= 15 is 0 Å². The standard InChI is InChI=1S/C15H28N2S/c1-12(2)11-16-9-8-13(3)17(5)14(4)15-7-6-10-18-15/h6-7,10,12-14,16H,8-9,11H2,1-5H3. The summed E-state index contributed by atoms with van der Waals surface area (Å²) in [7, 11) is 2.23. The Morgan fingerprint density at radius 1 is 1.28 bits per heavy atom. The zero-order valence-corrected chi connectivity index (χ0v) is 13.3. The monoisotopic (exact) mass is 268 g/mol. The Hall–Kier alpha value is -0.380. The van der Waals surface area contributed by atoms with Crippen LogP contribution in [0.15, 0.2) is 17.5 Å². The number of thiophene rings is 1. The Labute approximate surface area is 116 Å². The molecule has 0 aliphatic rings. The third kappa shape index (κ3) is 5.09. The molecule has 0 aliphatic heterocycles. The summed E-state index contributed by atoms with van der Waals surface area (Å²) in [4.78, 5) is 3.93. The van der Waals surface area contributed by atoms with Crippen LogP contribution < -0.4 is 5.32 Å². The fourth-order valence-corrected chi connectivity index (χ4v) is 2.85. The lowest BCUT2D eigenvalue weighted by Gasteiger charge is -2.30. The minimum absolute atomic E-state index is 0.519. The summed E-state index contributed by atoms with van der Waals surface area (Å²) in [5, 5.41) is 5.68. The molecule has 18 heavy (non-hydrogen) atoms. The second-order valence-electron chi connectivity index (χ2n) is 5.59. The number of hydrogen-bond acceptors (Lipinski definition) is 3. The molecule has 2 unspecified atom stereocenters. The van der Waals surface area contributed by atoms with Crippen molar-refractivity contribution in [2.45, 2.75) is 46.2 Å². The van der Waals surface area contributed by atoms with Crippen molar-refractivity contribution in [3.63, 3.8) is 0 Å². The van der Waals surface area contributed by atoms with Crippen LogP contribution in [-0.2, 0) is 0 Å². The van der Waals surface area contributed by atoms with Gasteiger partial charge >= 0.3 is 0 Å². The maximum Gasteiger partial charge on any atom is 0.0413 e. The van der Waals surface area contributed by atoms with Crippen LogP contribution in [-0.4, -0.2) is 31.1 Å². The van der Waals surface area contributed by atoms with Crippen molar-refractivity contribution < 1.29 is 0 Å². The van der Waals surface area contributed by atoms with Crippen LogP contribution in [0.1, 0.15) is 45.0 Å². The zero-order valence-electron chi connectivity index (χ0n) is 12.4. The fourth-order valence-electron chi connectivity index (χ4n) is 2.02. The SMILES string of the molecule is CC(C)CNCCC(C)N(C)C(C)c1cccs1. The Morgan fingerprint density at radius 3 is 2.56 bits per heavy atom.